The minimum Gasteiger partial charge on any atom is -0.356 e. The Kier molecular flexibility index (Phi) is 2.66. The number of nitrogens with zero attached hydrogens (tertiary/aromatic N) is 1. The van der Waals surface area contributed by atoms with Crippen molar-refractivity contribution in [2.75, 3.05) is 0 Å². The number of hydrogen-bond acceptors (Lipinski definition) is 4. The molecule has 0 aliphatic heterocycles. The first kappa shape index (κ1) is 12.0. The maximum absolute atomic E-state index is 11.1. The third-order valence-electron chi connectivity index (χ3n) is 2.86. The van der Waals surface area contributed by atoms with Gasteiger partial charge in [0.1, 0.15) is 11.4 Å². The van der Waals surface area contributed by atoms with Gasteiger partial charge in [-0.15, -0.1) is 0 Å². The quantitative estimate of drug-likeness (QED) is 0.683. The summed E-state index contributed by atoms with van der Waals surface area (Å²) in [7, 11) is 1.59. The zero-order valence-electron chi connectivity index (χ0n) is 8.98. The van der Waals surface area contributed by atoms with Crippen molar-refractivity contribution in [3.63, 3.8) is 0 Å². The molecule has 0 fully saturated rings. The fraction of sp³-hybridized carbons (Fsp3) is 0.182. The van der Waals surface area contributed by atoms with Crippen LogP contribution in [0.25, 0.3) is 11.3 Å². The average molecular weight is 304 g/mol. The lowest BCUT2D eigenvalue weighted by molar-refractivity contribution is 0.426. The summed E-state index contributed by atoms with van der Waals surface area (Å²) in [5.41, 5.74) is 3.05. The van der Waals surface area contributed by atoms with E-state index in [0.717, 1.165) is 16.7 Å². The van der Waals surface area contributed by atoms with E-state index in [1.54, 1.807) is 6.07 Å². The number of benzene rings is 1. The van der Waals surface area contributed by atoms with E-state index in [-0.39, 0.29) is 5.75 Å². The van der Waals surface area contributed by atoms with Crippen LogP contribution in [0.1, 0.15) is 16.8 Å². The van der Waals surface area contributed by atoms with Gasteiger partial charge in [0.25, 0.3) is 0 Å². The molecule has 3 rings (SSSR count). The first-order chi connectivity index (χ1) is 8.44. The van der Waals surface area contributed by atoms with E-state index in [9.17, 15) is 8.42 Å². The van der Waals surface area contributed by atoms with E-state index in [1.165, 1.54) is 0 Å². The van der Waals surface area contributed by atoms with Crippen LogP contribution in [0, 0.1) is 0 Å². The fourth-order valence-electron chi connectivity index (χ4n) is 2.13. The maximum atomic E-state index is 11.1. The summed E-state index contributed by atoms with van der Waals surface area (Å²) in [6.07, 6.45) is 0.566. The minimum absolute atomic E-state index is 0.324. The third-order valence-corrected chi connectivity index (χ3v) is 4.04. The van der Waals surface area contributed by atoms with Crippen LogP contribution in [0.5, 0.6) is 0 Å². The molecule has 0 saturated heterocycles. The molecule has 0 spiro atoms. The summed E-state index contributed by atoms with van der Waals surface area (Å²) in [5.74, 6) is 0.284. The van der Waals surface area contributed by atoms with Gasteiger partial charge in [-0.25, -0.2) is 8.42 Å². The van der Waals surface area contributed by atoms with Crippen molar-refractivity contribution in [3.05, 3.63) is 40.0 Å². The summed E-state index contributed by atoms with van der Waals surface area (Å²) >= 11 is 5.92. The van der Waals surface area contributed by atoms with Crippen LogP contribution in [0.3, 0.4) is 0 Å². The minimum atomic E-state index is -3.64. The molecule has 1 aliphatic carbocycles. The van der Waals surface area contributed by atoms with Gasteiger partial charge in [0, 0.05) is 33.3 Å². The lowest BCUT2D eigenvalue weighted by Gasteiger charge is -1.98. The molecule has 0 radical (unpaired) electrons. The Morgan fingerprint density at radius 1 is 1.39 bits per heavy atom. The standard InChI is InChI=1S/C11H7Cl2NO3S/c12-7-1-2-8-6(3-7)4-9-10(5-18(13,15)16)14-17-11(8)9/h1-3H,4-5H2. The normalized spacial score (nSPS) is 13.4. The number of fused-ring (bicyclic) bond motifs is 3. The summed E-state index contributed by atoms with van der Waals surface area (Å²) < 4.78 is 27.4. The highest BCUT2D eigenvalue weighted by Crippen LogP contribution is 2.39. The van der Waals surface area contributed by atoms with Crippen molar-refractivity contribution in [1.82, 2.24) is 5.16 Å². The monoisotopic (exact) mass is 303 g/mol. The first-order valence-electron chi connectivity index (χ1n) is 5.12. The predicted octanol–water partition coefficient (Wildman–Crippen LogP) is 2.97. The molecule has 0 N–H and O–H groups in total. The molecule has 0 amide bonds. The highest BCUT2D eigenvalue weighted by molar-refractivity contribution is 8.13. The van der Waals surface area contributed by atoms with Gasteiger partial charge in [-0.05, 0) is 23.8 Å². The van der Waals surface area contributed by atoms with Crippen molar-refractivity contribution in [3.8, 4) is 11.3 Å². The number of hydrogen-bond donors (Lipinski definition) is 0. The number of aromatic nitrogens is 1. The summed E-state index contributed by atoms with van der Waals surface area (Å²) in [6.45, 7) is 0. The second-order valence-corrected chi connectivity index (χ2v) is 7.31. The Bertz CT molecular complexity index is 737. The highest BCUT2D eigenvalue weighted by atomic mass is 35.7. The third kappa shape index (κ3) is 2.02. The number of halogens is 2. The van der Waals surface area contributed by atoms with Crippen LogP contribution in [0.4, 0.5) is 0 Å². The first-order valence-corrected chi connectivity index (χ1v) is 7.98. The molecule has 0 unspecified atom stereocenters. The van der Waals surface area contributed by atoms with E-state index in [4.69, 9.17) is 26.8 Å². The van der Waals surface area contributed by atoms with Gasteiger partial charge in [0.15, 0.2) is 5.76 Å². The molecular weight excluding hydrogens is 297 g/mol. The molecule has 18 heavy (non-hydrogen) atoms. The summed E-state index contributed by atoms with van der Waals surface area (Å²) in [4.78, 5) is 0. The van der Waals surface area contributed by atoms with E-state index in [2.05, 4.69) is 5.16 Å². The Hall–Kier alpha value is -1.04. The molecule has 0 bridgehead atoms. The molecular formula is C11H7Cl2NO3S. The molecule has 2 aromatic rings. The molecule has 4 nitrogen and oxygen atoms in total. The zero-order valence-corrected chi connectivity index (χ0v) is 11.3. The molecule has 1 aromatic carbocycles. The highest BCUT2D eigenvalue weighted by Gasteiger charge is 2.28. The fourth-order valence-corrected chi connectivity index (χ4v) is 3.19. The Morgan fingerprint density at radius 3 is 2.89 bits per heavy atom. The summed E-state index contributed by atoms with van der Waals surface area (Å²) in [5, 5.41) is 4.41. The molecule has 0 saturated carbocycles. The lowest BCUT2D eigenvalue weighted by atomic mass is 10.1. The van der Waals surface area contributed by atoms with Crippen molar-refractivity contribution in [2.24, 2.45) is 0 Å². The van der Waals surface area contributed by atoms with Crippen LogP contribution < -0.4 is 0 Å². The van der Waals surface area contributed by atoms with E-state index < -0.39 is 9.05 Å². The van der Waals surface area contributed by atoms with Crippen LogP contribution in [-0.2, 0) is 21.2 Å². The van der Waals surface area contributed by atoms with Gasteiger partial charge in [-0.3, -0.25) is 0 Å². The summed E-state index contributed by atoms with van der Waals surface area (Å²) in [6, 6.07) is 5.44. The van der Waals surface area contributed by atoms with Gasteiger partial charge in [0.2, 0.25) is 9.05 Å². The SMILES string of the molecule is O=S(=O)(Cl)Cc1noc2c1Cc1cc(Cl)ccc1-2. The van der Waals surface area contributed by atoms with E-state index >= 15 is 0 Å². The molecule has 1 heterocycles. The van der Waals surface area contributed by atoms with E-state index in [0.29, 0.717) is 22.9 Å². The molecule has 1 aromatic heterocycles. The van der Waals surface area contributed by atoms with Crippen LogP contribution in [0.2, 0.25) is 5.02 Å². The Labute approximate surface area is 113 Å². The van der Waals surface area contributed by atoms with E-state index in [1.807, 2.05) is 12.1 Å². The molecule has 7 heteroatoms. The maximum Gasteiger partial charge on any atom is 0.238 e. The van der Waals surface area contributed by atoms with Crippen molar-refractivity contribution in [1.29, 1.82) is 0 Å². The average Bonchev–Trinajstić information content (AvgIpc) is 2.76. The lowest BCUT2D eigenvalue weighted by Crippen LogP contribution is -1.98. The van der Waals surface area contributed by atoms with Crippen LogP contribution in [-0.4, -0.2) is 13.6 Å². The largest absolute Gasteiger partial charge is 0.356 e. The van der Waals surface area contributed by atoms with Gasteiger partial charge >= 0.3 is 0 Å². The topological polar surface area (TPSA) is 60.2 Å². The predicted molar refractivity (Wildman–Crippen MR) is 68.2 cm³/mol. The van der Waals surface area contributed by atoms with Gasteiger partial charge in [-0.1, -0.05) is 16.8 Å². The number of rotatable bonds is 2. The molecule has 0 atom stereocenters. The Morgan fingerprint density at radius 2 is 2.17 bits per heavy atom. The second-order valence-electron chi connectivity index (χ2n) is 4.10. The van der Waals surface area contributed by atoms with Gasteiger partial charge in [0.05, 0.1) is 0 Å². The van der Waals surface area contributed by atoms with Gasteiger partial charge < -0.3 is 4.52 Å². The smallest absolute Gasteiger partial charge is 0.238 e. The van der Waals surface area contributed by atoms with Crippen molar-refractivity contribution < 1.29 is 12.9 Å². The molecule has 1 aliphatic rings. The zero-order chi connectivity index (χ0) is 12.9. The Balaban J connectivity index is 2.07. The molecule has 94 valence electrons. The van der Waals surface area contributed by atoms with Crippen molar-refractivity contribution in [2.45, 2.75) is 12.2 Å². The van der Waals surface area contributed by atoms with Crippen molar-refractivity contribution >= 4 is 31.3 Å². The second kappa shape index (κ2) is 3.98. The van der Waals surface area contributed by atoms with Crippen LogP contribution >= 0.6 is 22.3 Å². The van der Waals surface area contributed by atoms with Gasteiger partial charge in [-0.2, -0.15) is 0 Å². The van der Waals surface area contributed by atoms with Crippen LogP contribution in [0.15, 0.2) is 22.7 Å².